The third-order valence-electron chi connectivity index (χ3n) is 2.30. The summed E-state index contributed by atoms with van der Waals surface area (Å²) in [5.41, 5.74) is -6.06. The Kier molecular flexibility index (Phi) is 3.99. The van der Waals surface area contributed by atoms with E-state index in [1.165, 1.54) is 0 Å². The molecule has 0 radical (unpaired) electrons. The maximum absolute atomic E-state index is 13.5. The van der Waals surface area contributed by atoms with Gasteiger partial charge in [0.15, 0.2) is 6.10 Å². The van der Waals surface area contributed by atoms with Crippen LogP contribution in [-0.4, -0.2) is 16.2 Å². The van der Waals surface area contributed by atoms with Crippen molar-refractivity contribution in [2.45, 2.75) is 18.5 Å². The average Bonchev–Trinajstić information content (AvgIpc) is 2.24. The molecule has 2 N–H and O–H groups in total. The molecule has 0 saturated heterocycles. The molecule has 0 aliphatic rings. The van der Waals surface area contributed by atoms with Gasteiger partial charge in [-0.2, -0.15) is 26.3 Å². The minimum atomic E-state index is -5.33. The molecule has 1 unspecified atom stereocenters. The van der Waals surface area contributed by atoms with E-state index >= 15 is 0 Å². The van der Waals surface area contributed by atoms with Crippen LogP contribution in [0.25, 0.3) is 0 Å². The number of halogens is 7. The predicted molar refractivity (Wildman–Crippen MR) is 49.0 cm³/mol. The Hall–Kier alpha value is -1.84. The Morgan fingerprint density at radius 3 is 1.75 bits per heavy atom. The molecular formula is C10H5F7O3. The van der Waals surface area contributed by atoms with Crippen LogP contribution in [0.5, 0.6) is 0 Å². The molecule has 0 fully saturated rings. The summed E-state index contributed by atoms with van der Waals surface area (Å²) in [6, 6.07) is -0.302. The summed E-state index contributed by atoms with van der Waals surface area (Å²) in [5, 5.41) is 17.4. The first kappa shape index (κ1) is 16.2. The molecule has 0 heterocycles. The standard InChI is InChI=1S/C10H5F7O3/c11-6-4(10(15,16)17)2-1-3(9(12,13)14)5(6)7(18)8(19)20/h1-2,7,18H,(H,19,20). The number of benzene rings is 1. The molecule has 1 aromatic carbocycles. The molecule has 0 saturated carbocycles. The smallest absolute Gasteiger partial charge is 0.419 e. The first-order valence-electron chi connectivity index (χ1n) is 4.75. The third-order valence-corrected chi connectivity index (χ3v) is 2.30. The summed E-state index contributed by atoms with van der Waals surface area (Å²) in [4.78, 5) is 10.4. The highest BCUT2D eigenvalue weighted by Crippen LogP contribution is 2.40. The molecule has 3 nitrogen and oxygen atoms in total. The highest BCUT2D eigenvalue weighted by atomic mass is 19.4. The van der Waals surface area contributed by atoms with Gasteiger partial charge < -0.3 is 10.2 Å². The molecule has 0 aliphatic carbocycles. The maximum Gasteiger partial charge on any atom is 0.419 e. The number of aliphatic carboxylic acids is 1. The van der Waals surface area contributed by atoms with Gasteiger partial charge in [0.2, 0.25) is 0 Å². The lowest BCUT2D eigenvalue weighted by Crippen LogP contribution is -2.22. The van der Waals surface area contributed by atoms with Gasteiger partial charge in [-0.3, -0.25) is 0 Å². The zero-order chi connectivity index (χ0) is 15.9. The fourth-order valence-corrected chi connectivity index (χ4v) is 1.45. The van der Waals surface area contributed by atoms with Crippen molar-refractivity contribution in [3.05, 3.63) is 34.6 Å². The fraction of sp³-hybridized carbons (Fsp3) is 0.300. The summed E-state index contributed by atoms with van der Waals surface area (Å²) in [6.45, 7) is 0. The first-order chi connectivity index (χ1) is 8.87. The maximum atomic E-state index is 13.5. The first-order valence-corrected chi connectivity index (χ1v) is 4.75. The second-order valence-corrected chi connectivity index (χ2v) is 3.62. The second-order valence-electron chi connectivity index (χ2n) is 3.62. The van der Waals surface area contributed by atoms with Crippen molar-refractivity contribution < 1.29 is 45.7 Å². The van der Waals surface area contributed by atoms with E-state index in [1.807, 2.05) is 0 Å². The molecule has 1 aromatic rings. The van der Waals surface area contributed by atoms with E-state index in [-0.39, 0.29) is 12.1 Å². The summed E-state index contributed by atoms with van der Waals surface area (Å²) in [6.07, 6.45) is -13.7. The zero-order valence-corrected chi connectivity index (χ0v) is 9.18. The topological polar surface area (TPSA) is 57.5 Å². The number of carboxylic acids is 1. The number of carboxylic acid groups (broad SMARTS) is 1. The number of carbonyl (C=O) groups is 1. The van der Waals surface area contributed by atoms with Crippen molar-refractivity contribution >= 4 is 5.97 Å². The minimum absolute atomic E-state index is 0.132. The molecule has 1 atom stereocenters. The largest absolute Gasteiger partial charge is 0.479 e. The van der Waals surface area contributed by atoms with E-state index in [0.29, 0.717) is 0 Å². The Bertz CT molecular complexity index is 533. The second kappa shape index (κ2) is 4.93. The van der Waals surface area contributed by atoms with E-state index in [1.54, 1.807) is 0 Å². The van der Waals surface area contributed by atoms with Crippen LogP contribution in [0.4, 0.5) is 30.7 Å². The van der Waals surface area contributed by atoms with Crippen LogP contribution in [0.3, 0.4) is 0 Å². The van der Waals surface area contributed by atoms with E-state index in [4.69, 9.17) is 10.2 Å². The molecule has 1 rings (SSSR count). The Balaban J connectivity index is 3.68. The van der Waals surface area contributed by atoms with Gasteiger partial charge in [-0.1, -0.05) is 0 Å². The SMILES string of the molecule is O=C(O)C(O)c1c(C(F)(F)F)ccc(C(F)(F)F)c1F. The van der Waals surface area contributed by atoms with Crippen LogP contribution in [-0.2, 0) is 17.1 Å². The molecule has 0 aromatic heterocycles. The van der Waals surface area contributed by atoms with Crippen LogP contribution in [0.1, 0.15) is 22.8 Å². The summed E-state index contributed by atoms with van der Waals surface area (Å²) < 4.78 is 88.2. The lowest BCUT2D eigenvalue weighted by Gasteiger charge is -2.18. The lowest BCUT2D eigenvalue weighted by molar-refractivity contribution is -0.151. The number of hydrogen-bond acceptors (Lipinski definition) is 2. The average molecular weight is 306 g/mol. The summed E-state index contributed by atoms with van der Waals surface area (Å²) >= 11 is 0. The minimum Gasteiger partial charge on any atom is -0.479 e. The molecule has 20 heavy (non-hydrogen) atoms. The van der Waals surface area contributed by atoms with Crippen molar-refractivity contribution in [3.8, 4) is 0 Å². The van der Waals surface area contributed by atoms with Crippen molar-refractivity contribution in [2.75, 3.05) is 0 Å². The molecule has 0 aliphatic heterocycles. The van der Waals surface area contributed by atoms with Crippen LogP contribution < -0.4 is 0 Å². The highest BCUT2D eigenvalue weighted by Gasteiger charge is 2.43. The molecular weight excluding hydrogens is 301 g/mol. The molecule has 112 valence electrons. The summed E-state index contributed by atoms with van der Waals surface area (Å²) in [7, 11) is 0. The third kappa shape index (κ3) is 3.00. The van der Waals surface area contributed by atoms with Crippen LogP contribution in [0.15, 0.2) is 12.1 Å². The van der Waals surface area contributed by atoms with Gasteiger partial charge in [0.05, 0.1) is 11.1 Å². The Morgan fingerprint density at radius 1 is 1.00 bits per heavy atom. The number of alkyl halides is 6. The summed E-state index contributed by atoms with van der Waals surface area (Å²) in [5.74, 6) is -4.78. The van der Waals surface area contributed by atoms with Crippen LogP contribution in [0.2, 0.25) is 0 Å². The van der Waals surface area contributed by atoms with Crippen LogP contribution in [0, 0.1) is 5.82 Å². The highest BCUT2D eigenvalue weighted by molar-refractivity contribution is 5.75. The van der Waals surface area contributed by atoms with Gasteiger partial charge >= 0.3 is 18.3 Å². The van der Waals surface area contributed by atoms with Crippen molar-refractivity contribution in [2.24, 2.45) is 0 Å². The van der Waals surface area contributed by atoms with Crippen LogP contribution >= 0.6 is 0 Å². The molecule has 10 heteroatoms. The van der Waals surface area contributed by atoms with Gasteiger partial charge in [0.25, 0.3) is 0 Å². The number of aliphatic hydroxyl groups excluding tert-OH is 1. The van der Waals surface area contributed by atoms with Gasteiger partial charge in [0.1, 0.15) is 5.82 Å². The molecule has 0 spiro atoms. The molecule has 0 amide bonds. The number of hydrogen-bond donors (Lipinski definition) is 2. The number of aliphatic hydroxyl groups is 1. The van der Waals surface area contributed by atoms with Crippen molar-refractivity contribution in [1.82, 2.24) is 0 Å². The lowest BCUT2D eigenvalue weighted by atomic mass is 9.97. The van der Waals surface area contributed by atoms with E-state index in [9.17, 15) is 35.5 Å². The van der Waals surface area contributed by atoms with Crippen molar-refractivity contribution in [3.63, 3.8) is 0 Å². The molecule has 0 bridgehead atoms. The van der Waals surface area contributed by atoms with Gasteiger partial charge in [-0.15, -0.1) is 0 Å². The fourth-order valence-electron chi connectivity index (χ4n) is 1.45. The van der Waals surface area contributed by atoms with E-state index in [2.05, 4.69) is 0 Å². The van der Waals surface area contributed by atoms with Gasteiger partial charge in [-0.05, 0) is 12.1 Å². The number of rotatable bonds is 2. The van der Waals surface area contributed by atoms with Gasteiger partial charge in [0, 0.05) is 5.56 Å². The normalized spacial score (nSPS) is 14.2. The zero-order valence-electron chi connectivity index (χ0n) is 9.18. The predicted octanol–water partition coefficient (Wildman–Crippen LogP) is 2.98. The monoisotopic (exact) mass is 306 g/mol. The van der Waals surface area contributed by atoms with E-state index in [0.717, 1.165) is 0 Å². The van der Waals surface area contributed by atoms with E-state index < -0.39 is 46.9 Å². The van der Waals surface area contributed by atoms with Gasteiger partial charge in [-0.25, -0.2) is 9.18 Å². The van der Waals surface area contributed by atoms with Crippen molar-refractivity contribution in [1.29, 1.82) is 0 Å². The Morgan fingerprint density at radius 2 is 1.40 bits per heavy atom. The Labute approximate surface area is 106 Å². The quantitative estimate of drug-likeness (QED) is 0.826.